The van der Waals surface area contributed by atoms with Gasteiger partial charge in [-0.3, -0.25) is 4.57 Å². The van der Waals surface area contributed by atoms with E-state index in [2.05, 4.69) is 58.0 Å². The first-order valence-corrected chi connectivity index (χ1v) is 18.0. The van der Waals surface area contributed by atoms with Crippen molar-refractivity contribution < 1.29 is 18.4 Å². The SMILES string of the molecule is [2H]C([2H])([2H])c1ccc(-c2nc3ccc4c(c3n2-c2c(C(C)C)cc(-c3ccccc3)cc2C(C)C)C([2H])([2H])CC4([2H])[2H])c2oc3cc4c(cc3c12)oc1cc(C#N)ccc14. The minimum atomic E-state index is -2.52. The van der Waals surface area contributed by atoms with E-state index in [1.165, 1.54) is 0 Å². The van der Waals surface area contributed by atoms with E-state index in [-0.39, 0.29) is 34.9 Å². The van der Waals surface area contributed by atoms with Crippen molar-refractivity contribution >= 4 is 54.9 Å². The number of nitrogens with zero attached hydrogens (tertiary/aromatic N) is 3. The second kappa shape index (κ2) is 11.7. The lowest BCUT2D eigenvalue weighted by atomic mass is 9.88. The minimum absolute atomic E-state index is 0.00918. The summed E-state index contributed by atoms with van der Waals surface area (Å²) in [4.78, 5) is 5.27. The lowest BCUT2D eigenvalue weighted by Crippen LogP contribution is -2.10. The van der Waals surface area contributed by atoms with E-state index in [0.717, 1.165) is 38.7 Å². The topological polar surface area (TPSA) is 67.9 Å². The van der Waals surface area contributed by atoms with E-state index in [4.69, 9.17) is 20.7 Å². The number of furan rings is 2. The van der Waals surface area contributed by atoms with E-state index in [1.807, 2.05) is 34.9 Å². The Kier molecular flexibility index (Phi) is 5.51. The van der Waals surface area contributed by atoms with Crippen molar-refractivity contribution in [3.05, 3.63) is 130 Å². The van der Waals surface area contributed by atoms with Gasteiger partial charge in [0.1, 0.15) is 28.2 Å². The second-order valence-electron chi connectivity index (χ2n) is 14.6. The fourth-order valence-electron chi connectivity index (χ4n) is 8.13. The van der Waals surface area contributed by atoms with Crippen LogP contribution in [-0.2, 0) is 12.7 Å². The van der Waals surface area contributed by atoms with E-state index >= 15 is 0 Å². The van der Waals surface area contributed by atoms with Crippen molar-refractivity contribution in [3.63, 3.8) is 0 Å². The summed E-state index contributed by atoms with van der Waals surface area (Å²) in [6.07, 6.45) is -4.30. The second-order valence-corrected chi connectivity index (χ2v) is 14.6. The Labute approximate surface area is 317 Å². The molecular weight excluding hydrogens is 651 g/mol. The van der Waals surface area contributed by atoms with Crippen molar-refractivity contribution in [3.8, 4) is 34.3 Å². The Morgan fingerprint density at radius 1 is 0.774 bits per heavy atom. The van der Waals surface area contributed by atoms with Crippen LogP contribution in [0.5, 0.6) is 0 Å². The third kappa shape index (κ3) is 4.71. The molecule has 1 aliphatic rings. The van der Waals surface area contributed by atoms with Crippen molar-refractivity contribution in [1.29, 1.82) is 5.26 Å². The maximum Gasteiger partial charge on any atom is 0.149 e. The van der Waals surface area contributed by atoms with Gasteiger partial charge >= 0.3 is 0 Å². The van der Waals surface area contributed by atoms with Crippen molar-refractivity contribution in [1.82, 2.24) is 9.55 Å². The van der Waals surface area contributed by atoms with Gasteiger partial charge in [-0.05, 0) is 131 Å². The molecule has 0 amide bonds. The quantitative estimate of drug-likeness (QED) is 0.180. The molecule has 3 aromatic heterocycles. The summed E-state index contributed by atoms with van der Waals surface area (Å²) in [5.74, 6) is 0.396. The predicted octanol–water partition coefficient (Wildman–Crippen LogP) is 13.1. The zero-order valence-corrected chi connectivity index (χ0v) is 29.8. The molecule has 10 rings (SSSR count). The van der Waals surface area contributed by atoms with Crippen LogP contribution in [0.2, 0.25) is 0 Å². The van der Waals surface area contributed by atoms with Crippen LogP contribution in [0.1, 0.15) is 88.9 Å². The summed E-state index contributed by atoms with van der Waals surface area (Å²) >= 11 is 0. The van der Waals surface area contributed by atoms with Crippen LogP contribution in [0.3, 0.4) is 0 Å². The molecule has 0 saturated carbocycles. The molecule has 0 radical (unpaired) electrons. The van der Waals surface area contributed by atoms with E-state index in [9.17, 15) is 8.00 Å². The fourth-order valence-corrected chi connectivity index (χ4v) is 8.13. The molecule has 5 heteroatoms. The number of hydrogen-bond acceptors (Lipinski definition) is 4. The van der Waals surface area contributed by atoms with E-state index in [1.54, 1.807) is 42.5 Å². The number of imidazole rings is 1. The Morgan fingerprint density at radius 3 is 2.28 bits per heavy atom. The maximum atomic E-state index is 9.51. The van der Waals surface area contributed by atoms with Gasteiger partial charge in [-0.15, -0.1) is 0 Å². The summed E-state index contributed by atoms with van der Waals surface area (Å²) in [6.45, 7) is 5.98. The van der Waals surface area contributed by atoms with Gasteiger partial charge in [0.25, 0.3) is 0 Å². The molecule has 0 N–H and O–H groups in total. The summed E-state index contributed by atoms with van der Waals surface area (Å²) in [6, 6.07) is 32.3. The molecule has 0 saturated heterocycles. The molecule has 1 aliphatic carbocycles. The highest BCUT2D eigenvalue weighted by atomic mass is 16.3. The lowest BCUT2D eigenvalue weighted by Gasteiger charge is -2.25. The Bertz CT molecular complexity index is 3280. The molecule has 5 nitrogen and oxygen atoms in total. The van der Waals surface area contributed by atoms with Crippen LogP contribution in [0.25, 0.3) is 83.1 Å². The molecule has 0 atom stereocenters. The van der Waals surface area contributed by atoms with Gasteiger partial charge in [0, 0.05) is 31.1 Å². The highest BCUT2D eigenvalue weighted by molar-refractivity contribution is 6.17. The molecular formula is C48H39N3O2. The molecule has 0 unspecified atom stereocenters. The zero-order chi connectivity index (χ0) is 42.2. The van der Waals surface area contributed by atoms with Crippen molar-refractivity contribution in [2.24, 2.45) is 0 Å². The first kappa shape index (κ1) is 25.0. The van der Waals surface area contributed by atoms with Gasteiger partial charge in [-0.25, -0.2) is 4.98 Å². The van der Waals surface area contributed by atoms with Crippen LogP contribution >= 0.6 is 0 Å². The first-order valence-electron chi connectivity index (χ1n) is 21.5. The Balaban J connectivity index is 1.36. The maximum absolute atomic E-state index is 9.51. The van der Waals surface area contributed by atoms with Crippen LogP contribution < -0.4 is 0 Å². The number of aryl methyl sites for hydroxylation is 3. The molecule has 53 heavy (non-hydrogen) atoms. The number of benzene rings is 6. The highest BCUT2D eigenvalue weighted by Crippen LogP contribution is 2.46. The molecule has 0 fully saturated rings. The van der Waals surface area contributed by atoms with E-state index < -0.39 is 19.6 Å². The smallest absolute Gasteiger partial charge is 0.149 e. The van der Waals surface area contributed by atoms with Gasteiger partial charge < -0.3 is 8.83 Å². The molecule has 0 aliphatic heterocycles. The molecule has 0 bridgehead atoms. The molecule has 9 aromatic rings. The Morgan fingerprint density at radius 2 is 1.53 bits per heavy atom. The number of hydrogen-bond donors (Lipinski definition) is 0. The average Bonchev–Trinajstić information content (AvgIpc) is 3.92. The number of fused-ring (bicyclic) bond motifs is 9. The number of aromatic nitrogens is 2. The van der Waals surface area contributed by atoms with E-state index in [0.29, 0.717) is 61.1 Å². The lowest BCUT2D eigenvalue weighted by molar-refractivity contribution is 0.664. The molecule has 6 aromatic carbocycles. The highest BCUT2D eigenvalue weighted by Gasteiger charge is 2.29. The zero-order valence-electron chi connectivity index (χ0n) is 36.8. The average molecular weight is 697 g/mol. The largest absolute Gasteiger partial charge is 0.456 e. The summed E-state index contributed by atoms with van der Waals surface area (Å²) in [7, 11) is 0. The van der Waals surface area contributed by atoms with Gasteiger partial charge in [0.05, 0.1) is 33.9 Å². The van der Waals surface area contributed by atoms with Crippen LogP contribution in [0, 0.1) is 18.2 Å². The Hall–Kier alpha value is -6.12. The standard InChI is InChI=1S/C48H39N3O2/c1-26(2)36-21-32(30-10-7-6-8-11-30)22-37(27(3)4)45(36)51-46-33-13-9-12-31(33)16-19-40(46)50-48(51)35-17-14-28(5)44-39-24-42-38(23-43(39)53-47(35)44)34-18-15-29(25-49)20-41(34)52-42/h6-8,10-11,14-24,26-27H,9,12-13H2,1-5H3/i5D3,12D2,13D2. The fraction of sp³-hybridized carbons (Fsp3) is 0.208. The van der Waals surface area contributed by atoms with Gasteiger partial charge in [-0.2, -0.15) is 5.26 Å². The van der Waals surface area contributed by atoms with Crippen molar-refractivity contribution in [2.45, 2.75) is 65.5 Å². The number of nitriles is 1. The summed E-state index contributed by atoms with van der Waals surface area (Å²) in [5, 5.41) is 12.0. The molecule has 0 spiro atoms. The third-order valence-electron chi connectivity index (χ3n) is 10.7. The molecule has 258 valence electrons. The van der Waals surface area contributed by atoms with Crippen LogP contribution in [0.4, 0.5) is 0 Å². The normalized spacial score (nSPS) is 17.2. The predicted molar refractivity (Wildman–Crippen MR) is 216 cm³/mol. The van der Waals surface area contributed by atoms with Crippen molar-refractivity contribution in [2.75, 3.05) is 0 Å². The van der Waals surface area contributed by atoms with Crippen LogP contribution in [-0.4, -0.2) is 9.55 Å². The summed E-state index contributed by atoms with van der Waals surface area (Å²) in [5.41, 5.74) is 9.21. The van der Waals surface area contributed by atoms with Gasteiger partial charge in [0.2, 0.25) is 0 Å². The molecule has 3 heterocycles. The van der Waals surface area contributed by atoms with Crippen LogP contribution in [0.15, 0.2) is 106 Å². The minimum Gasteiger partial charge on any atom is -0.456 e. The third-order valence-corrected chi connectivity index (χ3v) is 10.7. The number of rotatable bonds is 5. The van der Waals surface area contributed by atoms with Gasteiger partial charge in [0.15, 0.2) is 0 Å². The van der Waals surface area contributed by atoms with Gasteiger partial charge in [-0.1, -0.05) is 70.2 Å². The first-order chi connectivity index (χ1) is 28.5. The summed E-state index contributed by atoms with van der Waals surface area (Å²) < 4.78 is 77.6. The monoisotopic (exact) mass is 696 g/mol.